The molecule has 0 saturated heterocycles. The Morgan fingerprint density at radius 3 is 2.12 bits per heavy atom. The van der Waals surface area contributed by atoms with Crippen molar-refractivity contribution in [2.24, 2.45) is 5.92 Å². The minimum atomic E-state index is -0.897. The standard InChI is InChI=1S/C20H30N2O4/c1-13(2)17(19(26)21-12-6-7-16(23)24)22-18(25)14-8-10-15(11-9-14)20(3,4)5/h8-11,13,17H,6-7,12H2,1-5H3,(H,21,26)(H,22,25)(H,23,24). The Balaban J connectivity index is 2.70. The molecule has 1 aromatic rings. The molecule has 144 valence electrons. The molecule has 2 amide bonds. The smallest absolute Gasteiger partial charge is 0.303 e. The first-order chi connectivity index (χ1) is 12.0. The summed E-state index contributed by atoms with van der Waals surface area (Å²) in [5.74, 6) is -1.59. The Hall–Kier alpha value is -2.37. The zero-order chi connectivity index (χ0) is 19.9. The quantitative estimate of drug-likeness (QED) is 0.620. The number of hydrogen-bond donors (Lipinski definition) is 3. The number of hydrogen-bond acceptors (Lipinski definition) is 3. The van der Waals surface area contributed by atoms with E-state index in [4.69, 9.17) is 5.11 Å². The van der Waals surface area contributed by atoms with E-state index in [0.717, 1.165) is 5.56 Å². The highest BCUT2D eigenvalue weighted by Crippen LogP contribution is 2.22. The van der Waals surface area contributed by atoms with Gasteiger partial charge in [0.1, 0.15) is 6.04 Å². The molecule has 6 heteroatoms. The van der Waals surface area contributed by atoms with Crippen molar-refractivity contribution in [3.05, 3.63) is 35.4 Å². The predicted molar refractivity (Wildman–Crippen MR) is 101 cm³/mol. The summed E-state index contributed by atoms with van der Waals surface area (Å²) >= 11 is 0. The molecular weight excluding hydrogens is 332 g/mol. The van der Waals surface area contributed by atoms with Crippen molar-refractivity contribution in [2.75, 3.05) is 6.54 Å². The second-order valence-corrected chi connectivity index (χ2v) is 7.81. The minimum Gasteiger partial charge on any atom is -0.481 e. The summed E-state index contributed by atoms with van der Waals surface area (Å²) in [5, 5.41) is 14.1. The van der Waals surface area contributed by atoms with Crippen LogP contribution in [-0.4, -0.2) is 35.5 Å². The molecule has 1 aromatic carbocycles. The third-order valence-electron chi connectivity index (χ3n) is 4.12. The van der Waals surface area contributed by atoms with Gasteiger partial charge in [0.25, 0.3) is 5.91 Å². The molecule has 0 aliphatic heterocycles. The number of carboxylic acid groups (broad SMARTS) is 1. The molecule has 1 rings (SSSR count). The van der Waals surface area contributed by atoms with Crippen molar-refractivity contribution < 1.29 is 19.5 Å². The lowest BCUT2D eigenvalue weighted by Gasteiger charge is -2.22. The van der Waals surface area contributed by atoms with E-state index in [1.54, 1.807) is 12.1 Å². The van der Waals surface area contributed by atoms with Gasteiger partial charge in [-0.15, -0.1) is 0 Å². The van der Waals surface area contributed by atoms with E-state index in [1.165, 1.54) is 0 Å². The number of carboxylic acids is 1. The topological polar surface area (TPSA) is 95.5 Å². The molecule has 1 unspecified atom stereocenters. The fraction of sp³-hybridized carbons (Fsp3) is 0.550. The van der Waals surface area contributed by atoms with Crippen LogP contribution in [0.3, 0.4) is 0 Å². The van der Waals surface area contributed by atoms with E-state index in [0.29, 0.717) is 12.0 Å². The molecule has 0 radical (unpaired) electrons. The first-order valence-corrected chi connectivity index (χ1v) is 8.93. The minimum absolute atomic E-state index is 0.000883. The zero-order valence-electron chi connectivity index (χ0n) is 16.3. The Kier molecular flexibility index (Phi) is 7.80. The maximum absolute atomic E-state index is 12.5. The maximum atomic E-state index is 12.5. The van der Waals surface area contributed by atoms with Crippen LogP contribution in [0.25, 0.3) is 0 Å². The predicted octanol–water partition coefficient (Wildman–Crippen LogP) is 2.72. The summed E-state index contributed by atoms with van der Waals surface area (Å²) < 4.78 is 0. The van der Waals surface area contributed by atoms with Crippen LogP contribution in [0.1, 0.15) is 63.4 Å². The van der Waals surface area contributed by atoms with Gasteiger partial charge < -0.3 is 15.7 Å². The average molecular weight is 362 g/mol. The van der Waals surface area contributed by atoms with Crippen molar-refractivity contribution in [2.45, 2.75) is 58.9 Å². The Bertz CT molecular complexity index is 630. The summed E-state index contributed by atoms with van der Waals surface area (Å²) in [6.07, 6.45) is 0.354. The van der Waals surface area contributed by atoms with Crippen molar-refractivity contribution in [1.82, 2.24) is 10.6 Å². The summed E-state index contributed by atoms with van der Waals surface area (Å²) in [7, 11) is 0. The molecule has 0 aliphatic rings. The molecule has 0 aromatic heterocycles. The van der Waals surface area contributed by atoms with Gasteiger partial charge in [0.2, 0.25) is 5.91 Å². The number of amides is 2. The second kappa shape index (κ2) is 9.36. The lowest BCUT2D eigenvalue weighted by molar-refractivity contribution is -0.137. The van der Waals surface area contributed by atoms with Crippen LogP contribution in [0.2, 0.25) is 0 Å². The summed E-state index contributed by atoms with van der Waals surface area (Å²) in [6, 6.07) is 6.70. The van der Waals surface area contributed by atoms with Gasteiger partial charge in [-0.25, -0.2) is 0 Å². The fourth-order valence-corrected chi connectivity index (χ4v) is 2.44. The van der Waals surface area contributed by atoms with Crippen LogP contribution in [0.5, 0.6) is 0 Å². The molecule has 0 spiro atoms. The number of carbonyl (C=O) groups excluding carboxylic acids is 2. The van der Waals surface area contributed by atoms with Crippen molar-refractivity contribution in [3.8, 4) is 0 Å². The first-order valence-electron chi connectivity index (χ1n) is 8.93. The molecule has 0 heterocycles. The summed E-state index contributed by atoms with van der Waals surface area (Å²) in [5.41, 5.74) is 1.64. The van der Waals surface area contributed by atoms with Crippen molar-refractivity contribution in [1.29, 1.82) is 0 Å². The molecule has 0 fully saturated rings. The highest BCUT2D eigenvalue weighted by atomic mass is 16.4. The van der Waals surface area contributed by atoms with Crippen molar-refractivity contribution >= 4 is 17.8 Å². The number of nitrogens with one attached hydrogen (secondary N) is 2. The van der Waals surface area contributed by atoms with Gasteiger partial charge in [0.15, 0.2) is 0 Å². The van der Waals surface area contributed by atoms with Crippen molar-refractivity contribution in [3.63, 3.8) is 0 Å². The highest BCUT2D eigenvalue weighted by Gasteiger charge is 2.24. The number of aliphatic carboxylic acids is 1. The van der Waals surface area contributed by atoms with Crippen LogP contribution in [0, 0.1) is 5.92 Å². The van der Waals surface area contributed by atoms with Gasteiger partial charge in [-0.1, -0.05) is 46.8 Å². The fourth-order valence-electron chi connectivity index (χ4n) is 2.44. The van der Waals surface area contributed by atoms with Gasteiger partial charge in [0, 0.05) is 18.5 Å². The Morgan fingerprint density at radius 2 is 1.65 bits per heavy atom. The van der Waals surface area contributed by atoms with Crippen LogP contribution in [0.4, 0.5) is 0 Å². The van der Waals surface area contributed by atoms with Gasteiger partial charge in [-0.05, 0) is 35.4 Å². The van der Waals surface area contributed by atoms with Gasteiger partial charge >= 0.3 is 5.97 Å². The third-order valence-corrected chi connectivity index (χ3v) is 4.12. The number of rotatable bonds is 8. The van der Waals surface area contributed by atoms with E-state index < -0.39 is 12.0 Å². The molecule has 6 nitrogen and oxygen atoms in total. The van der Waals surface area contributed by atoms with E-state index in [2.05, 4.69) is 31.4 Å². The van der Waals surface area contributed by atoms with Crippen LogP contribution in [-0.2, 0) is 15.0 Å². The van der Waals surface area contributed by atoms with Crippen LogP contribution >= 0.6 is 0 Å². The average Bonchev–Trinajstić information content (AvgIpc) is 2.55. The second-order valence-electron chi connectivity index (χ2n) is 7.81. The normalized spacial score (nSPS) is 12.5. The van der Waals surface area contributed by atoms with Gasteiger partial charge in [0.05, 0.1) is 0 Å². The zero-order valence-corrected chi connectivity index (χ0v) is 16.3. The molecule has 1 atom stereocenters. The van der Waals surface area contributed by atoms with Crippen LogP contribution < -0.4 is 10.6 Å². The largest absolute Gasteiger partial charge is 0.481 e. The molecule has 0 aliphatic carbocycles. The highest BCUT2D eigenvalue weighted by molar-refractivity contribution is 5.97. The van der Waals surface area contributed by atoms with Gasteiger partial charge in [-0.3, -0.25) is 14.4 Å². The van der Waals surface area contributed by atoms with Crippen LogP contribution in [0.15, 0.2) is 24.3 Å². The monoisotopic (exact) mass is 362 g/mol. The molecular formula is C20H30N2O4. The van der Waals surface area contributed by atoms with E-state index >= 15 is 0 Å². The SMILES string of the molecule is CC(C)C(NC(=O)c1ccc(C(C)(C)C)cc1)C(=O)NCCCC(=O)O. The lowest BCUT2D eigenvalue weighted by Crippen LogP contribution is -2.49. The lowest BCUT2D eigenvalue weighted by atomic mass is 9.86. The third kappa shape index (κ3) is 6.86. The van der Waals surface area contributed by atoms with E-state index in [1.807, 2.05) is 26.0 Å². The molecule has 0 saturated carbocycles. The number of carbonyl (C=O) groups is 3. The van der Waals surface area contributed by atoms with Gasteiger partial charge in [-0.2, -0.15) is 0 Å². The molecule has 3 N–H and O–H groups in total. The van der Waals surface area contributed by atoms with E-state index in [9.17, 15) is 14.4 Å². The number of benzene rings is 1. The summed E-state index contributed by atoms with van der Waals surface area (Å²) in [4.78, 5) is 35.3. The first kappa shape index (κ1) is 21.7. The summed E-state index contributed by atoms with van der Waals surface area (Å²) in [6.45, 7) is 10.3. The maximum Gasteiger partial charge on any atom is 0.303 e. The molecule has 26 heavy (non-hydrogen) atoms. The van der Waals surface area contributed by atoms with E-state index in [-0.39, 0.29) is 36.1 Å². The molecule has 0 bridgehead atoms. The Morgan fingerprint density at radius 1 is 1.08 bits per heavy atom. The Labute approximate surface area is 155 Å².